The summed E-state index contributed by atoms with van der Waals surface area (Å²) in [6, 6.07) is 42.5. The van der Waals surface area contributed by atoms with Crippen LogP contribution in [0.3, 0.4) is 0 Å². The normalized spacial score (nSPS) is 25.6. The van der Waals surface area contributed by atoms with Gasteiger partial charge in [-0.1, -0.05) is 152 Å². The summed E-state index contributed by atoms with van der Waals surface area (Å²) < 4.78 is 18.3. The number of hydrogen-bond acceptors (Lipinski definition) is 18. The van der Waals surface area contributed by atoms with Crippen LogP contribution in [0.25, 0.3) is 22.3 Å². The number of fused-ring (bicyclic) bond motifs is 4. The molecule has 22 nitrogen and oxygen atoms in total. The van der Waals surface area contributed by atoms with Gasteiger partial charge < -0.3 is 65.7 Å². The summed E-state index contributed by atoms with van der Waals surface area (Å²) in [5, 5.41) is 41.6. The highest BCUT2D eigenvalue weighted by molar-refractivity contribution is 5.98. The Labute approximate surface area is 696 Å². The second kappa shape index (κ2) is 39.2. The van der Waals surface area contributed by atoms with Crippen LogP contribution in [-0.2, 0) is 54.7 Å². The van der Waals surface area contributed by atoms with Crippen LogP contribution < -0.4 is 45.9 Å². The fourth-order valence-electron chi connectivity index (χ4n) is 20.2. The van der Waals surface area contributed by atoms with E-state index in [4.69, 9.17) is 23.9 Å². The Morgan fingerprint density at radius 2 is 1.06 bits per heavy atom. The van der Waals surface area contributed by atoms with Crippen LogP contribution in [0.2, 0.25) is 0 Å². The predicted octanol–water partition coefficient (Wildman–Crippen LogP) is 12.7. The minimum atomic E-state index is -0.861. The number of aliphatic hydroxyl groups excluding tert-OH is 2. The molecule has 17 atom stereocenters. The summed E-state index contributed by atoms with van der Waals surface area (Å²) in [6.45, 7) is 23.5. The third-order valence-corrected chi connectivity index (χ3v) is 27.1. The molecule has 0 radical (unpaired) electrons. The van der Waals surface area contributed by atoms with Crippen molar-refractivity contribution >= 4 is 41.0 Å². The molecule has 22 heteroatoms. The van der Waals surface area contributed by atoms with E-state index in [0.717, 1.165) is 89.9 Å². The summed E-state index contributed by atoms with van der Waals surface area (Å²) in [7, 11) is 16.6. The Hall–Kier alpha value is -8.45. The number of hydroxylamine groups is 4. The number of carbonyl (C=O) groups excluding carboxylic acids is 5. The Bertz CT molecular complexity index is 4350. The molecular formula is C95H134N10O12. The number of methoxy groups -OCH3 is 2. The predicted molar refractivity (Wildman–Crippen MR) is 462 cm³/mol. The molecule has 14 rings (SSSR count). The molecule has 2 saturated heterocycles. The lowest BCUT2D eigenvalue weighted by molar-refractivity contribution is -0.183. The molecule has 4 bridgehead atoms. The van der Waals surface area contributed by atoms with Gasteiger partial charge >= 0.3 is 5.97 Å². The molecule has 7 N–H and O–H groups in total. The quantitative estimate of drug-likeness (QED) is 0.0186. The van der Waals surface area contributed by atoms with E-state index in [1.165, 1.54) is 24.0 Å². The maximum atomic E-state index is 14.9. The van der Waals surface area contributed by atoms with Crippen LogP contribution in [0.1, 0.15) is 157 Å². The van der Waals surface area contributed by atoms with E-state index in [0.29, 0.717) is 75.9 Å². The van der Waals surface area contributed by atoms with Gasteiger partial charge in [0.05, 0.1) is 46.4 Å². The van der Waals surface area contributed by atoms with Gasteiger partial charge in [-0.25, -0.2) is 0 Å². The summed E-state index contributed by atoms with van der Waals surface area (Å²) in [6.07, 6.45) is 5.55. The van der Waals surface area contributed by atoms with Gasteiger partial charge in [-0.05, 0) is 203 Å². The van der Waals surface area contributed by atoms with Crippen LogP contribution >= 0.6 is 0 Å². The Balaban J connectivity index is 0.000000234. The van der Waals surface area contributed by atoms with Crippen molar-refractivity contribution in [2.45, 2.75) is 195 Å². The van der Waals surface area contributed by atoms with Gasteiger partial charge in [0.2, 0.25) is 11.8 Å². The number of nitrogens with one attached hydrogen (secondary N) is 5. The van der Waals surface area contributed by atoms with Gasteiger partial charge in [-0.3, -0.25) is 33.6 Å². The SMILES string of the molecule is CNC(=O)c1cc(-c2cccc(CN3O[C@@H](CO)[C@@H]([C@H](C)OC(=O)CCCN(C)C)[C@H]3C(=O)N[C@H]3C[C@H]4C[C@@H]([C@@H]3C)C4(C)C)c2OC)cc(N(C)C)c1.COc1c(CN2O[C@@H](CO)C(C(C)NCCc3ccccc3)[C@H]2C(=O)N[C@H]2C[C@H]3C[C@@H]([C@@H]2C)C3(C)C)cccc1-c1cc(C(=O)N[C@@H](Cc2ccccc2)CC(C)C)cc(N(C)C)c1. The second-order valence-corrected chi connectivity index (χ2v) is 36.5. The fraction of sp³-hybridized carbons (Fsp3) is 0.568. The highest BCUT2D eigenvalue weighted by atomic mass is 16.7. The number of nitrogens with zero attached hydrogens (tertiary/aromatic N) is 5. The topological polar surface area (TPSA) is 248 Å². The lowest BCUT2D eigenvalue weighted by atomic mass is 9.45. The third kappa shape index (κ3) is 20.5. The first-order valence-corrected chi connectivity index (χ1v) is 42.6. The summed E-state index contributed by atoms with van der Waals surface area (Å²) in [5.41, 5.74) is 10.6. The number of benzene rings is 6. The Morgan fingerprint density at radius 3 is 1.50 bits per heavy atom. The van der Waals surface area contributed by atoms with Crippen molar-refractivity contribution in [2.75, 3.05) is 99.7 Å². The fourth-order valence-corrected chi connectivity index (χ4v) is 20.2. The molecule has 4 amide bonds. The van der Waals surface area contributed by atoms with Crippen molar-refractivity contribution in [2.24, 2.45) is 64.1 Å². The van der Waals surface area contributed by atoms with E-state index in [2.05, 4.69) is 131 Å². The van der Waals surface area contributed by atoms with Crippen molar-refractivity contribution in [3.63, 3.8) is 0 Å². The monoisotopic (exact) mass is 1610 g/mol. The minimum Gasteiger partial charge on any atom is -0.496 e. The van der Waals surface area contributed by atoms with Crippen LogP contribution in [0.4, 0.5) is 11.4 Å². The molecule has 117 heavy (non-hydrogen) atoms. The molecule has 0 aromatic heterocycles. The zero-order chi connectivity index (χ0) is 84.5. The average Bonchev–Trinajstić information content (AvgIpc) is 1.17. The summed E-state index contributed by atoms with van der Waals surface area (Å²) in [5.74, 6) is 2.62. The van der Waals surface area contributed by atoms with Crippen LogP contribution in [0.15, 0.2) is 133 Å². The van der Waals surface area contributed by atoms with Gasteiger partial charge in [-0.2, -0.15) is 10.1 Å². The molecule has 8 fully saturated rings. The van der Waals surface area contributed by atoms with Gasteiger partial charge in [0.1, 0.15) is 41.9 Å². The summed E-state index contributed by atoms with van der Waals surface area (Å²) >= 11 is 0. The molecule has 6 aromatic carbocycles. The first kappa shape index (κ1) is 89.3. The van der Waals surface area contributed by atoms with Crippen molar-refractivity contribution in [3.05, 3.63) is 167 Å². The standard InChI is InChI=1S/C54H73N5O5.C41H61N5O7/c1-34(2)25-43(26-38-19-14-11-15-20-38)56-52(61)41-27-40(28-44(29-41)58(7)8)45-22-16-21-39(51(45)63-9)32-59-50(53(62)57-47-31-42-30-46(35(47)3)54(42,5)6)49(48(33-60)64-59)36(4)55-24-23-37-17-12-10-13-18-37;1-24-32-20-29(41(32,3)4)21-33(24)43-40(50)37-36(25(2)52-35(48)15-12-16-44(6)7)34(23-47)53-46(37)22-26-13-11-14-31(38(26)51-10)27-17-28(39(49)42-5)19-30(18-27)45(8)9/h10-22,27-29,34-36,42-43,46-50,55,60H,23-26,30-33H2,1-9H3,(H,56,61)(H,57,62);11,13-14,17-19,24-25,29,32-34,36-37,47H,12,15-16,20-23H2,1-10H3,(H,42,49)(H,43,50)/t35-,36?,42+,43+,46-,47-,48-,49?,50-;24-,25-,29+,32-,33-,34-,36+,37-/m00/s1. The Morgan fingerprint density at radius 1 is 0.590 bits per heavy atom. The van der Waals surface area contributed by atoms with Crippen molar-refractivity contribution in [1.29, 1.82) is 0 Å². The van der Waals surface area contributed by atoms with Crippen molar-refractivity contribution in [3.8, 4) is 33.8 Å². The number of rotatable bonds is 34. The van der Waals surface area contributed by atoms with E-state index in [9.17, 15) is 34.2 Å². The van der Waals surface area contributed by atoms with Gasteiger partial charge in [0.15, 0.2) is 0 Å². The van der Waals surface area contributed by atoms with Gasteiger partial charge in [0.25, 0.3) is 11.8 Å². The summed E-state index contributed by atoms with van der Waals surface area (Å²) in [4.78, 5) is 88.5. The number of anilines is 2. The molecule has 6 saturated carbocycles. The lowest BCUT2D eigenvalue weighted by Crippen LogP contribution is -2.62. The molecule has 0 spiro atoms. The van der Waals surface area contributed by atoms with Crippen LogP contribution in [-0.4, -0.2) is 199 Å². The maximum absolute atomic E-state index is 14.9. The van der Waals surface area contributed by atoms with E-state index in [-0.39, 0.29) is 97.8 Å². The molecule has 2 aliphatic heterocycles. The van der Waals surface area contributed by atoms with Crippen molar-refractivity contribution in [1.82, 2.24) is 41.6 Å². The zero-order valence-electron chi connectivity index (χ0n) is 72.9. The molecule has 2 unspecified atom stereocenters. The van der Waals surface area contributed by atoms with Crippen LogP contribution in [0.5, 0.6) is 11.5 Å². The number of aliphatic hydroxyl groups is 2. The number of carbonyl (C=O) groups is 5. The van der Waals surface area contributed by atoms with Crippen molar-refractivity contribution < 1.29 is 58.1 Å². The highest BCUT2D eigenvalue weighted by Gasteiger charge is 2.60. The third-order valence-electron chi connectivity index (χ3n) is 27.1. The highest BCUT2D eigenvalue weighted by Crippen LogP contribution is 2.62. The molecule has 6 aliphatic carbocycles. The Kier molecular flexibility index (Phi) is 29.9. The van der Waals surface area contributed by atoms with E-state index >= 15 is 0 Å². The first-order valence-electron chi connectivity index (χ1n) is 42.6. The van der Waals surface area contributed by atoms with Gasteiger partial charge in [-0.15, -0.1) is 0 Å². The molecule has 2 heterocycles. The average molecular weight is 1610 g/mol. The molecule has 636 valence electrons. The zero-order valence-corrected chi connectivity index (χ0v) is 72.9. The number of amides is 4. The van der Waals surface area contributed by atoms with E-state index < -0.39 is 36.3 Å². The molecule has 8 aliphatic rings. The molecular weight excluding hydrogens is 1470 g/mol. The molecule has 6 aromatic rings. The second-order valence-electron chi connectivity index (χ2n) is 36.5. The maximum Gasteiger partial charge on any atom is 0.306 e. The van der Waals surface area contributed by atoms with Gasteiger partial charge in [0, 0.05) is 116 Å². The van der Waals surface area contributed by atoms with Crippen LogP contribution in [0, 0.1) is 64.1 Å². The first-order chi connectivity index (χ1) is 55.8. The number of esters is 1. The van der Waals surface area contributed by atoms with E-state index in [1.54, 1.807) is 38.3 Å². The smallest absolute Gasteiger partial charge is 0.306 e. The van der Waals surface area contributed by atoms with E-state index in [1.807, 2.05) is 148 Å². The number of hydrogen-bond donors (Lipinski definition) is 7. The number of ether oxygens (including phenoxy) is 3. The number of para-hydroxylation sites is 2. The largest absolute Gasteiger partial charge is 0.496 e. The lowest BCUT2D eigenvalue weighted by Gasteiger charge is -2.62. The minimum absolute atomic E-state index is 0.00944.